The van der Waals surface area contributed by atoms with Gasteiger partial charge in [0.15, 0.2) is 0 Å². The van der Waals surface area contributed by atoms with Crippen molar-refractivity contribution in [3.8, 4) is 11.4 Å². The van der Waals surface area contributed by atoms with Gasteiger partial charge in [-0.2, -0.15) is 18.2 Å². The molecule has 1 aliphatic rings. The third kappa shape index (κ3) is 3.78. The molecule has 1 aromatic heterocycles. The first kappa shape index (κ1) is 19.3. The monoisotopic (exact) mass is 408 g/mol. The summed E-state index contributed by atoms with van der Waals surface area (Å²) in [6.45, 7) is 1.85. The number of hydrogen-bond acceptors (Lipinski definition) is 8. The lowest BCUT2D eigenvalue weighted by molar-refractivity contribution is -0.159. The minimum Gasteiger partial charge on any atom is -0.377 e. The van der Waals surface area contributed by atoms with Crippen LogP contribution in [0.4, 0.5) is 18.9 Å². The Morgan fingerprint density at radius 1 is 1.17 bits per heavy atom. The summed E-state index contributed by atoms with van der Waals surface area (Å²) in [5, 5.41) is 9.38. The van der Waals surface area contributed by atoms with Gasteiger partial charge in [0.05, 0.1) is 17.9 Å². The van der Waals surface area contributed by atoms with Crippen molar-refractivity contribution in [3.63, 3.8) is 0 Å². The average molecular weight is 408 g/mol. The minimum atomic E-state index is -4.70. The quantitative estimate of drug-likeness (QED) is 0.614. The fourth-order valence-electron chi connectivity index (χ4n) is 3.06. The highest BCUT2D eigenvalue weighted by atomic mass is 19.4. The van der Waals surface area contributed by atoms with Gasteiger partial charge in [-0.05, 0) is 5.56 Å². The molecule has 2 aromatic carbocycles. The summed E-state index contributed by atoms with van der Waals surface area (Å²) >= 11 is 0. The van der Waals surface area contributed by atoms with Crippen LogP contribution < -0.4 is 21.5 Å². The number of ether oxygens (including phenoxy) is 1. The van der Waals surface area contributed by atoms with Gasteiger partial charge in [0.2, 0.25) is 16.7 Å². The maximum absolute atomic E-state index is 12.5. The van der Waals surface area contributed by atoms with Crippen LogP contribution in [0, 0.1) is 0 Å². The van der Waals surface area contributed by atoms with E-state index in [1.54, 1.807) is 24.3 Å². The van der Waals surface area contributed by atoms with Gasteiger partial charge in [-0.1, -0.05) is 29.4 Å². The first-order valence-electron chi connectivity index (χ1n) is 8.74. The zero-order valence-electron chi connectivity index (χ0n) is 14.9. The molecule has 0 radical (unpaired) electrons. The van der Waals surface area contributed by atoms with Gasteiger partial charge in [-0.3, -0.25) is 9.59 Å². The second-order valence-electron chi connectivity index (χ2n) is 6.48. The van der Waals surface area contributed by atoms with E-state index in [2.05, 4.69) is 25.3 Å². The molecule has 0 saturated carbocycles. The fraction of sp³-hybridized carbons (Fsp3) is 0.333. The number of hydrogen-bond donors (Lipinski definition) is 2. The molecule has 2 N–H and O–H groups in total. The number of benzene rings is 1. The molecule has 152 valence electrons. The SMILES string of the molecule is O=c1c(NCc2ccc(-c3noc(C(F)(F)F)n3)cc2)c(C2CNCCO2)c1=O. The number of anilines is 1. The second-order valence-corrected chi connectivity index (χ2v) is 6.48. The van der Waals surface area contributed by atoms with Gasteiger partial charge >= 0.3 is 12.1 Å². The van der Waals surface area contributed by atoms with Crippen LogP contribution in [0.15, 0.2) is 38.4 Å². The van der Waals surface area contributed by atoms with Crippen molar-refractivity contribution in [1.82, 2.24) is 15.5 Å². The molecule has 1 fully saturated rings. The summed E-state index contributed by atoms with van der Waals surface area (Å²) in [5.74, 6) is -1.59. The molecule has 0 spiro atoms. The van der Waals surface area contributed by atoms with Crippen molar-refractivity contribution in [2.75, 3.05) is 25.0 Å². The van der Waals surface area contributed by atoms with Crippen LogP contribution in [-0.2, 0) is 17.5 Å². The summed E-state index contributed by atoms with van der Waals surface area (Å²) in [6, 6.07) is 6.38. The van der Waals surface area contributed by atoms with E-state index in [4.69, 9.17) is 4.74 Å². The highest BCUT2D eigenvalue weighted by Gasteiger charge is 2.38. The lowest BCUT2D eigenvalue weighted by atomic mass is 10.00. The molecule has 29 heavy (non-hydrogen) atoms. The molecule has 4 rings (SSSR count). The molecule has 0 bridgehead atoms. The van der Waals surface area contributed by atoms with Gasteiger partial charge in [0, 0.05) is 25.2 Å². The minimum absolute atomic E-state index is 0.177. The molecule has 1 unspecified atom stereocenters. The van der Waals surface area contributed by atoms with Crippen molar-refractivity contribution >= 4 is 5.69 Å². The Labute approximate surface area is 161 Å². The van der Waals surface area contributed by atoms with Crippen molar-refractivity contribution in [2.24, 2.45) is 0 Å². The van der Waals surface area contributed by atoms with E-state index in [-0.39, 0.29) is 18.1 Å². The maximum atomic E-state index is 12.5. The first-order chi connectivity index (χ1) is 13.8. The molecular weight excluding hydrogens is 393 g/mol. The third-order valence-electron chi connectivity index (χ3n) is 4.55. The molecule has 1 aliphatic heterocycles. The topological polar surface area (TPSA) is 106 Å². The fourth-order valence-corrected chi connectivity index (χ4v) is 3.06. The van der Waals surface area contributed by atoms with Crippen molar-refractivity contribution < 1.29 is 22.4 Å². The van der Waals surface area contributed by atoms with Crippen LogP contribution in [0.1, 0.15) is 23.1 Å². The summed E-state index contributed by atoms with van der Waals surface area (Å²) in [6.07, 6.45) is -5.16. The Morgan fingerprint density at radius 3 is 2.55 bits per heavy atom. The standard InChI is InChI=1S/C18H15F3N4O4/c19-18(20,21)17-24-16(25-29-17)10-3-1-9(2-4-10)7-23-13-12(14(26)15(13)27)11-8-22-5-6-28-11/h1-4,11,22-23H,5-8H2. The van der Waals surface area contributed by atoms with E-state index in [1.165, 1.54) is 0 Å². The van der Waals surface area contributed by atoms with E-state index in [1.807, 2.05) is 0 Å². The van der Waals surface area contributed by atoms with Crippen molar-refractivity contribution in [3.05, 3.63) is 61.7 Å². The Bertz CT molecular complexity index is 1080. The maximum Gasteiger partial charge on any atom is 0.471 e. The Kier molecular flexibility index (Phi) is 4.92. The summed E-state index contributed by atoms with van der Waals surface area (Å²) in [7, 11) is 0. The molecule has 8 nitrogen and oxygen atoms in total. The Hall–Kier alpha value is -3.05. The van der Waals surface area contributed by atoms with Gasteiger partial charge in [0.25, 0.3) is 0 Å². The molecular formula is C18H15F3N4O4. The number of nitrogens with zero attached hydrogens (tertiary/aromatic N) is 2. The van der Waals surface area contributed by atoms with E-state index in [0.29, 0.717) is 30.8 Å². The van der Waals surface area contributed by atoms with E-state index in [9.17, 15) is 22.8 Å². The Morgan fingerprint density at radius 2 is 1.93 bits per heavy atom. The van der Waals surface area contributed by atoms with Gasteiger partial charge in [0.1, 0.15) is 6.10 Å². The van der Waals surface area contributed by atoms with Crippen molar-refractivity contribution in [2.45, 2.75) is 18.8 Å². The number of nitrogens with one attached hydrogen (secondary N) is 2. The van der Waals surface area contributed by atoms with Crippen LogP contribution in [0.25, 0.3) is 11.4 Å². The predicted molar refractivity (Wildman–Crippen MR) is 95.0 cm³/mol. The summed E-state index contributed by atoms with van der Waals surface area (Å²) in [5.41, 5.74) is 0.539. The largest absolute Gasteiger partial charge is 0.471 e. The lowest BCUT2D eigenvalue weighted by Crippen LogP contribution is -2.44. The van der Waals surface area contributed by atoms with Crippen LogP contribution in [0.5, 0.6) is 0 Å². The van der Waals surface area contributed by atoms with Gasteiger partial charge in [-0.15, -0.1) is 0 Å². The highest BCUT2D eigenvalue weighted by Crippen LogP contribution is 2.29. The molecule has 1 saturated heterocycles. The van der Waals surface area contributed by atoms with E-state index < -0.39 is 29.0 Å². The van der Waals surface area contributed by atoms with Gasteiger partial charge in [-0.25, -0.2) is 0 Å². The van der Waals surface area contributed by atoms with Gasteiger partial charge < -0.3 is 19.9 Å². The zero-order valence-corrected chi connectivity index (χ0v) is 14.9. The molecule has 0 amide bonds. The second kappa shape index (κ2) is 7.41. The first-order valence-corrected chi connectivity index (χ1v) is 8.74. The number of morpholine rings is 1. The smallest absolute Gasteiger partial charge is 0.377 e. The number of aromatic nitrogens is 2. The number of rotatable bonds is 5. The molecule has 1 atom stereocenters. The molecule has 2 heterocycles. The van der Waals surface area contributed by atoms with Crippen LogP contribution in [0.3, 0.4) is 0 Å². The van der Waals surface area contributed by atoms with Crippen LogP contribution in [0.2, 0.25) is 0 Å². The molecule has 0 aliphatic carbocycles. The molecule has 3 aromatic rings. The average Bonchev–Trinajstić information content (AvgIpc) is 3.22. The normalized spacial score (nSPS) is 17.6. The van der Waals surface area contributed by atoms with E-state index in [0.717, 1.165) is 5.56 Å². The van der Waals surface area contributed by atoms with Crippen LogP contribution in [-0.4, -0.2) is 29.8 Å². The summed E-state index contributed by atoms with van der Waals surface area (Å²) in [4.78, 5) is 27.1. The lowest BCUT2D eigenvalue weighted by Gasteiger charge is -2.26. The molecule has 11 heteroatoms. The zero-order chi connectivity index (χ0) is 20.6. The predicted octanol–water partition coefficient (Wildman–Crippen LogP) is 1.62. The highest BCUT2D eigenvalue weighted by molar-refractivity contribution is 5.59. The van der Waals surface area contributed by atoms with Crippen LogP contribution >= 0.6 is 0 Å². The van der Waals surface area contributed by atoms with E-state index >= 15 is 0 Å². The summed E-state index contributed by atoms with van der Waals surface area (Å²) < 4.78 is 47.4. The third-order valence-corrected chi connectivity index (χ3v) is 4.55. The Balaban J connectivity index is 1.44. The van der Waals surface area contributed by atoms with Crippen molar-refractivity contribution in [1.29, 1.82) is 0 Å². The number of halogens is 3. The number of alkyl halides is 3.